The number of hydrogen-bond acceptors (Lipinski definition) is 3. The number of nitrogens with zero attached hydrogens (tertiary/aromatic N) is 2. The van der Waals surface area contributed by atoms with Crippen molar-refractivity contribution in [2.24, 2.45) is 16.6 Å². The third-order valence-corrected chi connectivity index (χ3v) is 3.44. The van der Waals surface area contributed by atoms with Crippen LogP contribution in [0.15, 0.2) is 4.99 Å². The Kier molecular flexibility index (Phi) is 2.84. The largest absolute Gasteiger partial charge is 0.370 e. The van der Waals surface area contributed by atoms with Crippen LogP contribution in [-0.4, -0.2) is 29.5 Å². The van der Waals surface area contributed by atoms with E-state index < -0.39 is 0 Å². The first-order valence-electron chi connectivity index (χ1n) is 5.13. The summed E-state index contributed by atoms with van der Waals surface area (Å²) in [6.45, 7) is 10.7. The Morgan fingerprint density at radius 1 is 1.62 bits per heavy atom. The van der Waals surface area contributed by atoms with Crippen molar-refractivity contribution >= 4 is 5.96 Å². The maximum atomic E-state index is 5.83. The quantitative estimate of drug-likeness (QED) is 0.719. The molecule has 0 aromatic rings. The van der Waals surface area contributed by atoms with Crippen molar-refractivity contribution in [2.75, 3.05) is 13.1 Å². The molecule has 0 amide bonds. The third kappa shape index (κ3) is 1.52. The molecule has 3 nitrogen and oxygen atoms in total. The average molecular weight is 183 g/mol. The molecule has 2 atom stereocenters. The molecule has 0 aromatic carbocycles. The van der Waals surface area contributed by atoms with Crippen molar-refractivity contribution in [3.8, 4) is 0 Å². The third-order valence-electron chi connectivity index (χ3n) is 3.44. The van der Waals surface area contributed by atoms with E-state index in [1.165, 1.54) is 6.42 Å². The van der Waals surface area contributed by atoms with Crippen LogP contribution in [0.5, 0.6) is 0 Å². The maximum absolute atomic E-state index is 5.83. The van der Waals surface area contributed by atoms with Crippen molar-refractivity contribution in [3.05, 3.63) is 0 Å². The van der Waals surface area contributed by atoms with E-state index in [4.69, 9.17) is 5.73 Å². The molecule has 13 heavy (non-hydrogen) atoms. The molecule has 0 radical (unpaired) electrons. The van der Waals surface area contributed by atoms with E-state index >= 15 is 0 Å². The Morgan fingerprint density at radius 3 is 2.69 bits per heavy atom. The maximum Gasteiger partial charge on any atom is 0.191 e. The molecule has 1 heterocycles. The zero-order chi connectivity index (χ0) is 10.1. The van der Waals surface area contributed by atoms with Gasteiger partial charge in [-0.2, -0.15) is 0 Å². The highest BCUT2D eigenvalue weighted by atomic mass is 15.3. The van der Waals surface area contributed by atoms with E-state index in [1.807, 2.05) is 0 Å². The molecule has 0 saturated heterocycles. The number of guanidine groups is 1. The molecule has 2 N–H and O–H groups in total. The fraction of sp³-hybridized carbons (Fsp3) is 0.900. The number of likely N-dealkylation sites (N-methyl/N-ethyl adjacent to an activating group) is 1. The minimum Gasteiger partial charge on any atom is -0.370 e. The van der Waals surface area contributed by atoms with E-state index in [0.717, 1.165) is 13.1 Å². The summed E-state index contributed by atoms with van der Waals surface area (Å²) < 4.78 is 0. The van der Waals surface area contributed by atoms with Gasteiger partial charge in [-0.25, -0.2) is 0 Å². The van der Waals surface area contributed by atoms with Gasteiger partial charge in [-0.05, 0) is 19.8 Å². The topological polar surface area (TPSA) is 41.6 Å². The summed E-state index contributed by atoms with van der Waals surface area (Å²) in [5, 5.41) is 0. The Bertz CT molecular complexity index is 212. The molecular formula is C10H21N3. The highest BCUT2D eigenvalue weighted by molar-refractivity contribution is 5.80. The molecule has 0 fully saturated rings. The Hall–Kier alpha value is -0.730. The molecule has 0 aromatic heterocycles. The molecule has 1 aliphatic heterocycles. The second kappa shape index (κ2) is 3.56. The molecule has 0 saturated carbocycles. The smallest absolute Gasteiger partial charge is 0.191 e. The van der Waals surface area contributed by atoms with Gasteiger partial charge < -0.3 is 10.6 Å². The summed E-state index contributed by atoms with van der Waals surface area (Å²) >= 11 is 0. The molecule has 76 valence electrons. The number of nitrogens with two attached hydrogens (primary N) is 1. The van der Waals surface area contributed by atoms with Gasteiger partial charge in [0.15, 0.2) is 5.96 Å². The van der Waals surface area contributed by atoms with Crippen LogP contribution in [0, 0.1) is 5.92 Å². The molecule has 0 spiro atoms. The second-order valence-corrected chi connectivity index (χ2v) is 4.09. The van der Waals surface area contributed by atoms with E-state index in [1.54, 1.807) is 0 Å². The van der Waals surface area contributed by atoms with Gasteiger partial charge in [0.25, 0.3) is 0 Å². The van der Waals surface area contributed by atoms with Crippen molar-refractivity contribution in [1.29, 1.82) is 0 Å². The predicted octanol–water partition coefficient (Wildman–Crippen LogP) is 1.44. The summed E-state index contributed by atoms with van der Waals surface area (Å²) in [5.41, 5.74) is 5.98. The van der Waals surface area contributed by atoms with Crippen LogP contribution >= 0.6 is 0 Å². The Morgan fingerprint density at radius 2 is 2.23 bits per heavy atom. The summed E-state index contributed by atoms with van der Waals surface area (Å²) in [6.07, 6.45) is 1.18. The molecule has 3 heteroatoms. The fourth-order valence-electron chi connectivity index (χ4n) is 2.06. The normalized spacial score (nSPS) is 30.5. The van der Waals surface area contributed by atoms with Crippen molar-refractivity contribution in [3.63, 3.8) is 0 Å². The van der Waals surface area contributed by atoms with Crippen LogP contribution in [0.4, 0.5) is 0 Å². The fourth-order valence-corrected chi connectivity index (χ4v) is 2.06. The SMILES string of the molecule is CCC(C)C1(C)CN=C(N)N1CC. The molecule has 1 aliphatic rings. The van der Waals surface area contributed by atoms with E-state index in [-0.39, 0.29) is 5.54 Å². The van der Waals surface area contributed by atoms with Crippen molar-refractivity contribution in [2.45, 2.75) is 39.7 Å². The van der Waals surface area contributed by atoms with Crippen LogP contribution in [0.3, 0.4) is 0 Å². The lowest BCUT2D eigenvalue weighted by atomic mass is 9.84. The zero-order valence-corrected chi connectivity index (χ0v) is 9.17. The lowest BCUT2D eigenvalue weighted by Crippen LogP contribution is -2.53. The van der Waals surface area contributed by atoms with Gasteiger partial charge in [0.2, 0.25) is 0 Å². The number of rotatable bonds is 3. The monoisotopic (exact) mass is 183 g/mol. The molecule has 0 aliphatic carbocycles. The van der Waals surface area contributed by atoms with E-state index in [0.29, 0.717) is 11.9 Å². The summed E-state index contributed by atoms with van der Waals surface area (Å²) in [7, 11) is 0. The van der Waals surface area contributed by atoms with E-state index in [2.05, 4.69) is 37.6 Å². The first kappa shape index (κ1) is 10.4. The van der Waals surface area contributed by atoms with Gasteiger partial charge in [0.05, 0.1) is 12.1 Å². The van der Waals surface area contributed by atoms with Crippen LogP contribution in [-0.2, 0) is 0 Å². The first-order valence-corrected chi connectivity index (χ1v) is 5.13. The van der Waals surface area contributed by atoms with Crippen LogP contribution in [0.25, 0.3) is 0 Å². The van der Waals surface area contributed by atoms with Gasteiger partial charge in [-0.15, -0.1) is 0 Å². The Balaban J connectivity index is 2.81. The van der Waals surface area contributed by atoms with Crippen LogP contribution in [0.1, 0.15) is 34.1 Å². The highest BCUT2D eigenvalue weighted by Crippen LogP contribution is 2.30. The van der Waals surface area contributed by atoms with Gasteiger partial charge in [0.1, 0.15) is 0 Å². The van der Waals surface area contributed by atoms with Gasteiger partial charge in [-0.3, -0.25) is 4.99 Å². The number of aliphatic imine (C=N–C) groups is 1. The van der Waals surface area contributed by atoms with Gasteiger partial charge >= 0.3 is 0 Å². The average Bonchev–Trinajstić information content (AvgIpc) is 2.42. The standard InChI is InChI=1S/C10H21N3/c1-5-8(3)10(4)7-12-9(11)13(10)6-2/h8H,5-7H2,1-4H3,(H2,11,12). The molecule has 1 rings (SSSR count). The zero-order valence-electron chi connectivity index (χ0n) is 9.17. The molecular weight excluding hydrogens is 162 g/mol. The molecule has 0 bridgehead atoms. The lowest BCUT2D eigenvalue weighted by Gasteiger charge is -2.40. The Labute approximate surface area is 81.0 Å². The van der Waals surface area contributed by atoms with E-state index in [9.17, 15) is 0 Å². The van der Waals surface area contributed by atoms with Crippen LogP contribution in [0.2, 0.25) is 0 Å². The van der Waals surface area contributed by atoms with Crippen molar-refractivity contribution in [1.82, 2.24) is 4.90 Å². The highest BCUT2D eigenvalue weighted by Gasteiger charge is 2.40. The second-order valence-electron chi connectivity index (χ2n) is 4.09. The van der Waals surface area contributed by atoms with Crippen LogP contribution < -0.4 is 5.73 Å². The van der Waals surface area contributed by atoms with Gasteiger partial charge in [-0.1, -0.05) is 20.3 Å². The predicted molar refractivity (Wildman–Crippen MR) is 56.7 cm³/mol. The lowest BCUT2D eigenvalue weighted by molar-refractivity contribution is 0.151. The first-order chi connectivity index (χ1) is 6.06. The molecule has 2 unspecified atom stereocenters. The summed E-state index contributed by atoms with van der Waals surface area (Å²) in [5.74, 6) is 1.35. The summed E-state index contributed by atoms with van der Waals surface area (Å²) in [6, 6.07) is 0. The summed E-state index contributed by atoms with van der Waals surface area (Å²) in [4.78, 5) is 6.55. The number of hydrogen-bond donors (Lipinski definition) is 1. The van der Waals surface area contributed by atoms with Gasteiger partial charge in [0, 0.05) is 6.54 Å². The minimum absolute atomic E-state index is 0.146. The minimum atomic E-state index is 0.146. The van der Waals surface area contributed by atoms with Crippen molar-refractivity contribution < 1.29 is 0 Å².